The van der Waals surface area contributed by atoms with Gasteiger partial charge in [0.1, 0.15) is 18.2 Å². The van der Waals surface area contributed by atoms with E-state index in [1.54, 1.807) is 17.1 Å². The van der Waals surface area contributed by atoms with Gasteiger partial charge in [-0.3, -0.25) is 0 Å². The van der Waals surface area contributed by atoms with E-state index in [0.29, 0.717) is 35.7 Å². The van der Waals surface area contributed by atoms with Crippen LogP contribution in [0, 0.1) is 5.92 Å². The largest absolute Gasteiger partial charge is 0.485 e. The van der Waals surface area contributed by atoms with E-state index in [9.17, 15) is 13.2 Å². The van der Waals surface area contributed by atoms with Gasteiger partial charge in [-0.2, -0.15) is 27.8 Å². The van der Waals surface area contributed by atoms with Gasteiger partial charge in [0.2, 0.25) is 11.6 Å². The summed E-state index contributed by atoms with van der Waals surface area (Å²) in [7, 11) is 0. The molecule has 1 aliphatic carbocycles. The number of nitrogens with zero attached hydrogens (tertiary/aromatic N) is 6. The standard InChI is InChI=1S/C20H26F3N7O2/c1-5-31-12(4)29-9-13(8-25-29)16-17(32-11(2)3)18-27-19(28-30(18)10-24-16)26-15-7-6-14(15)20(21,22)23/h8-12,14-15H,5-7H2,1-4H3,(H,26,28)/t12-,14-,15-/m1/s1. The van der Waals surface area contributed by atoms with Crippen molar-refractivity contribution in [2.75, 3.05) is 11.9 Å². The molecule has 1 saturated carbocycles. The Bertz CT molecular complexity index is 1080. The van der Waals surface area contributed by atoms with Gasteiger partial charge < -0.3 is 14.8 Å². The maximum Gasteiger partial charge on any atom is 0.393 e. The molecule has 3 atom stereocenters. The van der Waals surface area contributed by atoms with E-state index in [4.69, 9.17) is 9.47 Å². The Morgan fingerprint density at radius 1 is 1.25 bits per heavy atom. The predicted octanol–water partition coefficient (Wildman–Crippen LogP) is 4.08. The fraction of sp³-hybridized carbons (Fsp3) is 0.600. The van der Waals surface area contributed by atoms with Gasteiger partial charge in [0.05, 0.1) is 18.2 Å². The summed E-state index contributed by atoms with van der Waals surface area (Å²) in [4.78, 5) is 8.88. The number of fused-ring (bicyclic) bond motifs is 1. The number of ether oxygens (including phenoxy) is 2. The molecule has 3 heterocycles. The first-order valence-electron chi connectivity index (χ1n) is 10.6. The van der Waals surface area contributed by atoms with E-state index in [1.807, 2.05) is 27.7 Å². The minimum atomic E-state index is -4.24. The van der Waals surface area contributed by atoms with E-state index < -0.39 is 18.1 Å². The number of alkyl halides is 3. The highest BCUT2D eigenvalue weighted by molar-refractivity contribution is 5.74. The van der Waals surface area contributed by atoms with Crippen LogP contribution in [0.3, 0.4) is 0 Å². The maximum atomic E-state index is 13.1. The molecule has 0 bridgehead atoms. The summed E-state index contributed by atoms with van der Waals surface area (Å²) in [5.74, 6) is -0.905. The third kappa shape index (κ3) is 4.36. The number of anilines is 1. The van der Waals surface area contributed by atoms with Gasteiger partial charge in [0.15, 0.2) is 5.75 Å². The molecule has 3 aromatic heterocycles. The molecule has 9 nitrogen and oxygen atoms in total. The van der Waals surface area contributed by atoms with E-state index in [0.717, 1.165) is 0 Å². The Hall–Kier alpha value is -2.89. The van der Waals surface area contributed by atoms with Crippen LogP contribution < -0.4 is 10.1 Å². The summed E-state index contributed by atoms with van der Waals surface area (Å²) in [5, 5.41) is 11.4. The van der Waals surface area contributed by atoms with Crippen LogP contribution in [0.15, 0.2) is 18.7 Å². The molecule has 1 N–H and O–H groups in total. The van der Waals surface area contributed by atoms with Crippen molar-refractivity contribution >= 4 is 11.6 Å². The van der Waals surface area contributed by atoms with Crippen LogP contribution in [-0.4, -0.2) is 54.3 Å². The van der Waals surface area contributed by atoms with E-state index in [-0.39, 0.29) is 24.7 Å². The third-order valence-corrected chi connectivity index (χ3v) is 5.36. The van der Waals surface area contributed by atoms with Crippen molar-refractivity contribution in [1.29, 1.82) is 0 Å². The fourth-order valence-corrected chi connectivity index (χ4v) is 3.65. The molecule has 1 fully saturated rings. The molecule has 0 spiro atoms. The Labute approximate surface area is 182 Å². The Morgan fingerprint density at radius 2 is 2.03 bits per heavy atom. The number of aromatic nitrogens is 6. The Balaban J connectivity index is 1.67. The van der Waals surface area contributed by atoms with Crippen LogP contribution in [0.2, 0.25) is 0 Å². The second kappa shape index (κ2) is 8.57. The molecule has 3 aromatic rings. The van der Waals surface area contributed by atoms with Gasteiger partial charge in [-0.05, 0) is 40.5 Å². The smallest absolute Gasteiger partial charge is 0.393 e. The molecule has 4 rings (SSSR count). The monoisotopic (exact) mass is 453 g/mol. The molecule has 0 aliphatic heterocycles. The second-order valence-corrected chi connectivity index (χ2v) is 8.03. The van der Waals surface area contributed by atoms with Crippen LogP contribution in [0.25, 0.3) is 16.9 Å². The molecule has 0 aromatic carbocycles. The van der Waals surface area contributed by atoms with Crippen molar-refractivity contribution in [2.24, 2.45) is 5.92 Å². The molecule has 0 radical (unpaired) electrons. The summed E-state index contributed by atoms with van der Waals surface area (Å²) in [5.41, 5.74) is 1.57. The van der Waals surface area contributed by atoms with Crippen LogP contribution >= 0.6 is 0 Å². The van der Waals surface area contributed by atoms with Gasteiger partial charge >= 0.3 is 6.18 Å². The van der Waals surface area contributed by atoms with Crippen molar-refractivity contribution in [2.45, 2.75) is 65.1 Å². The molecule has 12 heteroatoms. The first-order valence-corrected chi connectivity index (χ1v) is 10.6. The van der Waals surface area contributed by atoms with E-state index >= 15 is 0 Å². The summed E-state index contributed by atoms with van der Waals surface area (Å²) in [6.45, 7) is 8.07. The average Bonchev–Trinajstić information content (AvgIpc) is 3.31. The van der Waals surface area contributed by atoms with Gasteiger partial charge in [-0.15, -0.1) is 5.10 Å². The van der Waals surface area contributed by atoms with Crippen LogP contribution in [-0.2, 0) is 4.74 Å². The topological polar surface area (TPSA) is 91.4 Å². The molecular weight excluding hydrogens is 427 g/mol. The van der Waals surface area contributed by atoms with Crippen molar-refractivity contribution in [3.05, 3.63) is 18.7 Å². The Kier molecular flexibility index (Phi) is 5.97. The van der Waals surface area contributed by atoms with Crippen molar-refractivity contribution in [3.8, 4) is 17.0 Å². The average molecular weight is 453 g/mol. The lowest BCUT2D eigenvalue weighted by molar-refractivity contribution is -0.197. The lowest BCUT2D eigenvalue weighted by Crippen LogP contribution is -2.46. The van der Waals surface area contributed by atoms with Gasteiger partial charge in [0.25, 0.3) is 0 Å². The zero-order valence-electron chi connectivity index (χ0n) is 18.3. The van der Waals surface area contributed by atoms with Gasteiger partial charge in [-0.25, -0.2) is 9.67 Å². The zero-order valence-corrected chi connectivity index (χ0v) is 18.3. The molecule has 0 amide bonds. The quantitative estimate of drug-likeness (QED) is 0.549. The van der Waals surface area contributed by atoms with Crippen molar-refractivity contribution in [1.82, 2.24) is 29.4 Å². The van der Waals surface area contributed by atoms with Crippen LogP contribution in [0.4, 0.5) is 19.1 Å². The highest BCUT2D eigenvalue weighted by atomic mass is 19.4. The van der Waals surface area contributed by atoms with Crippen LogP contribution in [0.1, 0.15) is 46.8 Å². The Morgan fingerprint density at radius 3 is 2.66 bits per heavy atom. The number of nitrogens with one attached hydrogen (secondary N) is 1. The summed E-state index contributed by atoms with van der Waals surface area (Å²) in [6, 6.07) is -0.743. The minimum Gasteiger partial charge on any atom is -0.485 e. The second-order valence-electron chi connectivity index (χ2n) is 8.03. The number of halogens is 3. The highest BCUT2D eigenvalue weighted by Gasteiger charge is 2.50. The summed E-state index contributed by atoms with van der Waals surface area (Å²) in [6.07, 6.45) is 0.745. The molecule has 174 valence electrons. The summed E-state index contributed by atoms with van der Waals surface area (Å²) >= 11 is 0. The number of hydrogen-bond acceptors (Lipinski definition) is 7. The molecular formula is C20H26F3N7O2. The van der Waals surface area contributed by atoms with Crippen LogP contribution in [0.5, 0.6) is 5.75 Å². The molecule has 32 heavy (non-hydrogen) atoms. The highest BCUT2D eigenvalue weighted by Crippen LogP contribution is 2.42. The lowest BCUT2D eigenvalue weighted by Gasteiger charge is -2.37. The molecule has 1 aliphatic rings. The predicted molar refractivity (Wildman–Crippen MR) is 110 cm³/mol. The van der Waals surface area contributed by atoms with Gasteiger partial charge in [0, 0.05) is 24.4 Å². The normalized spacial score (nSPS) is 19.9. The van der Waals surface area contributed by atoms with Crippen molar-refractivity contribution in [3.63, 3.8) is 0 Å². The first kappa shape index (κ1) is 22.3. The van der Waals surface area contributed by atoms with E-state index in [2.05, 4.69) is 25.5 Å². The fourth-order valence-electron chi connectivity index (χ4n) is 3.65. The van der Waals surface area contributed by atoms with E-state index in [1.165, 1.54) is 10.8 Å². The minimum absolute atomic E-state index is 0.103. The maximum absolute atomic E-state index is 13.1. The van der Waals surface area contributed by atoms with Gasteiger partial charge in [-0.1, -0.05) is 0 Å². The lowest BCUT2D eigenvalue weighted by atomic mass is 9.79. The number of rotatable bonds is 8. The molecule has 0 saturated heterocycles. The molecule has 0 unspecified atom stereocenters. The summed E-state index contributed by atoms with van der Waals surface area (Å²) < 4.78 is 53.9. The number of hydrogen-bond donors (Lipinski definition) is 1. The zero-order chi connectivity index (χ0) is 23.0. The third-order valence-electron chi connectivity index (χ3n) is 5.36. The SMILES string of the molecule is CCO[C@H](C)n1cc(-c2ncn3nc(N[C@@H]4CC[C@H]4C(F)(F)F)nc3c2OC(C)C)cn1. The first-order chi connectivity index (χ1) is 15.2. The van der Waals surface area contributed by atoms with Crippen molar-refractivity contribution < 1.29 is 22.6 Å².